The van der Waals surface area contributed by atoms with Crippen molar-refractivity contribution >= 4 is 22.1 Å². The first-order valence-electron chi connectivity index (χ1n) is 5.84. The van der Waals surface area contributed by atoms with Gasteiger partial charge in [0.05, 0.1) is 12.1 Å². The number of rotatable bonds is 3. The molecule has 2 aromatic rings. The van der Waals surface area contributed by atoms with Gasteiger partial charge in [-0.2, -0.15) is 0 Å². The molecule has 0 spiro atoms. The number of thiazole rings is 1. The minimum absolute atomic E-state index is 0.170. The molecule has 0 aliphatic carbocycles. The summed E-state index contributed by atoms with van der Waals surface area (Å²) in [4.78, 5) is 17.5. The smallest absolute Gasteiger partial charge is 0.193 e. The van der Waals surface area contributed by atoms with E-state index in [1.54, 1.807) is 11.3 Å². The molecule has 1 saturated heterocycles. The third-order valence-corrected chi connectivity index (χ3v) is 3.95. The predicted molar refractivity (Wildman–Crippen MR) is 65.3 cm³/mol. The molecule has 3 heterocycles. The van der Waals surface area contributed by atoms with Gasteiger partial charge in [0.1, 0.15) is 5.78 Å². The van der Waals surface area contributed by atoms with Crippen molar-refractivity contribution < 1.29 is 9.53 Å². The van der Waals surface area contributed by atoms with Crippen LogP contribution in [0.2, 0.25) is 0 Å². The van der Waals surface area contributed by atoms with Gasteiger partial charge >= 0.3 is 0 Å². The van der Waals surface area contributed by atoms with E-state index in [-0.39, 0.29) is 5.92 Å². The maximum atomic E-state index is 12.1. The van der Waals surface area contributed by atoms with Crippen LogP contribution in [0, 0.1) is 5.92 Å². The highest BCUT2D eigenvalue weighted by Crippen LogP contribution is 2.19. The van der Waals surface area contributed by atoms with Gasteiger partial charge in [0.2, 0.25) is 0 Å². The zero-order valence-electron chi connectivity index (χ0n) is 9.46. The molecule has 1 aliphatic heterocycles. The molecule has 0 unspecified atom stereocenters. The highest BCUT2D eigenvalue weighted by Gasteiger charge is 2.22. The molecule has 1 aliphatic rings. The number of carbonyl (C=O) groups excluding carboxylic acids is 1. The van der Waals surface area contributed by atoms with Gasteiger partial charge in [-0.1, -0.05) is 0 Å². The Bertz CT molecular complexity index is 497. The summed E-state index contributed by atoms with van der Waals surface area (Å²) in [5.41, 5.74) is 0.883. The number of ether oxygens (including phenoxy) is 1. The number of hydrogen-bond acceptors (Lipinski definition) is 4. The summed E-state index contributed by atoms with van der Waals surface area (Å²) in [5, 5.41) is 1.99. The second-order valence-corrected chi connectivity index (χ2v) is 5.23. The molecule has 4 nitrogen and oxygen atoms in total. The molecule has 0 atom stereocenters. The van der Waals surface area contributed by atoms with E-state index in [4.69, 9.17) is 4.74 Å². The summed E-state index contributed by atoms with van der Waals surface area (Å²) >= 11 is 1.59. The summed E-state index contributed by atoms with van der Waals surface area (Å²) in [6, 6.07) is 0. The van der Waals surface area contributed by atoms with Crippen LogP contribution in [0.25, 0.3) is 4.96 Å². The molecule has 2 aromatic heterocycles. The van der Waals surface area contributed by atoms with Crippen LogP contribution in [0.15, 0.2) is 17.8 Å². The van der Waals surface area contributed by atoms with Crippen molar-refractivity contribution in [2.45, 2.75) is 19.3 Å². The lowest BCUT2D eigenvalue weighted by Crippen LogP contribution is -2.24. The highest BCUT2D eigenvalue weighted by molar-refractivity contribution is 7.15. The highest BCUT2D eigenvalue weighted by atomic mass is 32.1. The molecule has 0 amide bonds. The molecule has 0 radical (unpaired) electrons. The lowest BCUT2D eigenvalue weighted by molar-refractivity contribution is -0.125. The third-order valence-electron chi connectivity index (χ3n) is 3.18. The van der Waals surface area contributed by atoms with E-state index < -0.39 is 0 Å². The van der Waals surface area contributed by atoms with Crippen molar-refractivity contribution in [2.24, 2.45) is 5.92 Å². The SMILES string of the molecule is O=C(Cc1cn2ccsc2n1)C1CCOCC1. The summed E-state index contributed by atoms with van der Waals surface area (Å²) in [5.74, 6) is 0.475. The van der Waals surface area contributed by atoms with Crippen molar-refractivity contribution in [1.29, 1.82) is 0 Å². The first-order chi connectivity index (χ1) is 8.33. The molecule has 0 aromatic carbocycles. The van der Waals surface area contributed by atoms with Gasteiger partial charge in [-0.3, -0.25) is 9.20 Å². The topological polar surface area (TPSA) is 43.6 Å². The van der Waals surface area contributed by atoms with Crippen LogP contribution in [-0.4, -0.2) is 28.4 Å². The summed E-state index contributed by atoms with van der Waals surface area (Å²) in [6.45, 7) is 1.43. The average molecular weight is 250 g/mol. The maximum Gasteiger partial charge on any atom is 0.193 e. The molecule has 90 valence electrons. The van der Waals surface area contributed by atoms with Crippen molar-refractivity contribution in [3.63, 3.8) is 0 Å². The van der Waals surface area contributed by atoms with Gasteiger partial charge in [-0.15, -0.1) is 11.3 Å². The largest absolute Gasteiger partial charge is 0.381 e. The Kier molecular flexibility index (Phi) is 2.94. The molecule has 17 heavy (non-hydrogen) atoms. The van der Waals surface area contributed by atoms with Crippen LogP contribution < -0.4 is 0 Å². The van der Waals surface area contributed by atoms with E-state index in [0.29, 0.717) is 25.4 Å². The fourth-order valence-electron chi connectivity index (χ4n) is 2.20. The van der Waals surface area contributed by atoms with Crippen molar-refractivity contribution in [3.8, 4) is 0 Å². The lowest BCUT2D eigenvalue weighted by Gasteiger charge is -2.20. The Morgan fingerprint density at radius 1 is 1.53 bits per heavy atom. The van der Waals surface area contributed by atoms with Crippen LogP contribution in [0.1, 0.15) is 18.5 Å². The molecule has 5 heteroatoms. The molecule has 0 N–H and O–H groups in total. The standard InChI is InChI=1S/C12H14N2O2S/c15-11(9-1-4-16-5-2-9)7-10-8-14-3-6-17-12(14)13-10/h3,6,8-9H,1-2,4-5,7H2. The minimum Gasteiger partial charge on any atom is -0.381 e. The normalized spacial score (nSPS) is 17.6. The van der Waals surface area contributed by atoms with Gasteiger partial charge < -0.3 is 4.74 Å². The predicted octanol–water partition coefficient (Wildman–Crippen LogP) is 1.93. The van der Waals surface area contributed by atoms with Gasteiger partial charge in [0, 0.05) is 36.9 Å². The van der Waals surface area contributed by atoms with Crippen molar-refractivity contribution in [2.75, 3.05) is 13.2 Å². The number of hydrogen-bond donors (Lipinski definition) is 0. The van der Waals surface area contributed by atoms with Crippen molar-refractivity contribution in [3.05, 3.63) is 23.5 Å². The van der Waals surface area contributed by atoms with Crippen molar-refractivity contribution in [1.82, 2.24) is 9.38 Å². The number of ketones is 1. The van der Waals surface area contributed by atoms with Gasteiger partial charge in [0.15, 0.2) is 4.96 Å². The first kappa shape index (κ1) is 10.9. The number of Topliss-reactive ketones (excluding diaryl/α,β-unsaturated/α-hetero) is 1. The molecular weight excluding hydrogens is 236 g/mol. The van der Waals surface area contributed by atoms with E-state index >= 15 is 0 Å². The second kappa shape index (κ2) is 4.58. The van der Waals surface area contributed by atoms with Gasteiger partial charge in [-0.05, 0) is 12.8 Å². The van der Waals surface area contributed by atoms with Gasteiger partial charge in [-0.25, -0.2) is 4.98 Å². The Morgan fingerprint density at radius 3 is 3.12 bits per heavy atom. The number of fused-ring (bicyclic) bond motifs is 1. The fourth-order valence-corrected chi connectivity index (χ4v) is 2.92. The first-order valence-corrected chi connectivity index (χ1v) is 6.72. The molecule has 1 fully saturated rings. The quantitative estimate of drug-likeness (QED) is 0.836. The number of nitrogens with zero attached hydrogens (tertiary/aromatic N) is 2. The molecule has 0 bridgehead atoms. The third kappa shape index (κ3) is 2.25. The number of imidazole rings is 1. The maximum absolute atomic E-state index is 12.1. The summed E-state index contributed by atoms with van der Waals surface area (Å²) in [7, 11) is 0. The van der Waals surface area contributed by atoms with Gasteiger partial charge in [0.25, 0.3) is 0 Å². The van der Waals surface area contributed by atoms with E-state index in [9.17, 15) is 4.79 Å². The Balaban J connectivity index is 1.69. The number of aromatic nitrogens is 2. The van der Waals surface area contributed by atoms with Crippen LogP contribution >= 0.6 is 11.3 Å². The van der Waals surface area contributed by atoms with Crippen LogP contribution in [-0.2, 0) is 16.0 Å². The average Bonchev–Trinajstić information content (AvgIpc) is 2.90. The van der Waals surface area contributed by atoms with E-state index in [1.807, 2.05) is 22.2 Å². The lowest BCUT2D eigenvalue weighted by atomic mass is 9.93. The minimum atomic E-state index is 0.170. The number of carbonyl (C=O) groups is 1. The second-order valence-electron chi connectivity index (χ2n) is 4.35. The monoisotopic (exact) mass is 250 g/mol. The van der Waals surface area contributed by atoms with E-state index in [0.717, 1.165) is 23.5 Å². The van der Waals surface area contributed by atoms with E-state index in [2.05, 4.69) is 4.98 Å². The fraction of sp³-hybridized carbons (Fsp3) is 0.500. The molecular formula is C12H14N2O2S. The summed E-state index contributed by atoms with van der Waals surface area (Å²) < 4.78 is 7.23. The van der Waals surface area contributed by atoms with Crippen LogP contribution in [0.3, 0.4) is 0 Å². The Morgan fingerprint density at radius 2 is 2.35 bits per heavy atom. The molecule has 0 saturated carbocycles. The zero-order valence-corrected chi connectivity index (χ0v) is 10.3. The van der Waals surface area contributed by atoms with Crippen LogP contribution in [0.4, 0.5) is 0 Å². The zero-order chi connectivity index (χ0) is 11.7. The Labute approximate surface area is 103 Å². The Hall–Kier alpha value is -1.20. The summed E-state index contributed by atoms with van der Waals surface area (Å²) in [6.07, 6.45) is 6.10. The van der Waals surface area contributed by atoms with Crippen LogP contribution in [0.5, 0.6) is 0 Å². The van der Waals surface area contributed by atoms with E-state index in [1.165, 1.54) is 0 Å². The molecule has 3 rings (SSSR count).